The molecule has 0 radical (unpaired) electrons. The highest BCUT2D eigenvalue weighted by atomic mass is 35.5. The molecule has 4 aromatic rings. The smallest absolute Gasteiger partial charge is 0.150 e. The van der Waals surface area contributed by atoms with Gasteiger partial charge in [-0.05, 0) is 54.3 Å². The van der Waals surface area contributed by atoms with E-state index in [0.717, 1.165) is 40.9 Å². The largest absolute Gasteiger partial charge is 0.383 e. The van der Waals surface area contributed by atoms with Crippen molar-refractivity contribution in [3.05, 3.63) is 71.6 Å². The number of halogens is 1. The van der Waals surface area contributed by atoms with Gasteiger partial charge in [-0.2, -0.15) is 0 Å². The second-order valence-corrected chi connectivity index (χ2v) is 7.60. The van der Waals surface area contributed by atoms with Gasteiger partial charge >= 0.3 is 0 Å². The number of nitrogens with one attached hydrogen (secondary N) is 1. The van der Waals surface area contributed by atoms with Crippen LogP contribution in [0.25, 0.3) is 27.8 Å². The molecular formula is C22H20ClN5. The number of fused-ring (bicyclic) bond motifs is 1. The van der Waals surface area contributed by atoms with Crippen LogP contribution in [-0.4, -0.2) is 27.6 Å². The van der Waals surface area contributed by atoms with E-state index >= 15 is 0 Å². The number of nitrogens with two attached hydrogens (primary N) is 1. The molecule has 0 amide bonds. The molecular weight excluding hydrogens is 370 g/mol. The van der Waals surface area contributed by atoms with Crippen LogP contribution in [0.1, 0.15) is 17.9 Å². The van der Waals surface area contributed by atoms with Crippen LogP contribution in [0.15, 0.2) is 61.1 Å². The molecule has 28 heavy (non-hydrogen) atoms. The first-order valence-electron chi connectivity index (χ1n) is 9.39. The van der Waals surface area contributed by atoms with Gasteiger partial charge in [-0.15, -0.1) is 0 Å². The molecule has 0 bridgehead atoms. The summed E-state index contributed by atoms with van der Waals surface area (Å²) in [6.07, 6.45) is 4.77. The van der Waals surface area contributed by atoms with Crippen LogP contribution < -0.4 is 11.1 Å². The molecule has 2 aromatic heterocycles. The van der Waals surface area contributed by atoms with Gasteiger partial charge in [0, 0.05) is 29.0 Å². The van der Waals surface area contributed by atoms with Crippen molar-refractivity contribution in [2.24, 2.45) is 0 Å². The van der Waals surface area contributed by atoms with Gasteiger partial charge in [0.2, 0.25) is 0 Å². The summed E-state index contributed by atoms with van der Waals surface area (Å²) < 4.78 is 2.10. The van der Waals surface area contributed by atoms with Crippen molar-refractivity contribution < 1.29 is 0 Å². The fraction of sp³-hybridized carbons (Fsp3) is 0.182. The molecule has 0 saturated carbocycles. The lowest BCUT2D eigenvalue weighted by Gasteiger charge is -2.12. The fourth-order valence-corrected chi connectivity index (χ4v) is 4.12. The van der Waals surface area contributed by atoms with E-state index in [9.17, 15) is 0 Å². The second kappa shape index (κ2) is 6.93. The van der Waals surface area contributed by atoms with Crippen molar-refractivity contribution in [3.63, 3.8) is 0 Å². The lowest BCUT2D eigenvalue weighted by atomic mass is 9.98. The molecule has 6 heteroatoms. The van der Waals surface area contributed by atoms with E-state index in [1.54, 1.807) is 0 Å². The molecule has 5 rings (SSSR count). The van der Waals surface area contributed by atoms with Gasteiger partial charge in [0.25, 0.3) is 0 Å². The number of hydrogen-bond acceptors (Lipinski definition) is 4. The molecule has 0 spiro atoms. The summed E-state index contributed by atoms with van der Waals surface area (Å²) in [4.78, 5) is 8.76. The van der Waals surface area contributed by atoms with E-state index in [-0.39, 0.29) is 0 Å². The van der Waals surface area contributed by atoms with Crippen molar-refractivity contribution in [2.45, 2.75) is 12.3 Å². The standard InChI is InChI=1S/C22H20ClN5/c23-17-6-4-14(5-7-17)19-12-28(22-20(19)21(24)26-13-27-22)18-3-1-2-15(10-18)16-8-9-25-11-16/h1-7,10,12-13,16,25H,8-9,11H2,(H2,24,26,27). The molecule has 5 nitrogen and oxygen atoms in total. The third kappa shape index (κ3) is 2.93. The Hall–Kier alpha value is -2.89. The summed E-state index contributed by atoms with van der Waals surface area (Å²) in [6, 6.07) is 16.4. The molecule has 3 heterocycles. The number of benzene rings is 2. The van der Waals surface area contributed by atoms with Gasteiger partial charge in [-0.25, -0.2) is 9.97 Å². The van der Waals surface area contributed by atoms with Gasteiger partial charge in [-0.3, -0.25) is 0 Å². The lowest BCUT2D eigenvalue weighted by Crippen LogP contribution is -2.08. The van der Waals surface area contributed by atoms with E-state index < -0.39 is 0 Å². The molecule has 3 N–H and O–H groups in total. The lowest BCUT2D eigenvalue weighted by molar-refractivity contribution is 0.762. The number of nitrogens with zero attached hydrogens (tertiary/aromatic N) is 3. The van der Waals surface area contributed by atoms with Crippen molar-refractivity contribution >= 4 is 28.5 Å². The van der Waals surface area contributed by atoms with E-state index in [0.29, 0.717) is 16.8 Å². The first-order valence-corrected chi connectivity index (χ1v) is 9.77. The molecule has 1 aliphatic heterocycles. The summed E-state index contributed by atoms with van der Waals surface area (Å²) in [6.45, 7) is 2.10. The van der Waals surface area contributed by atoms with E-state index in [2.05, 4.69) is 50.3 Å². The Labute approximate surface area is 168 Å². The summed E-state index contributed by atoms with van der Waals surface area (Å²) >= 11 is 6.07. The maximum atomic E-state index is 6.25. The predicted molar refractivity (Wildman–Crippen MR) is 114 cm³/mol. The summed E-state index contributed by atoms with van der Waals surface area (Å²) in [5, 5.41) is 5.00. The SMILES string of the molecule is Nc1ncnc2c1c(-c1ccc(Cl)cc1)cn2-c1cccc(C2CCNC2)c1. The average Bonchev–Trinajstić information content (AvgIpc) is 3.38. The van der Waals surface area contributed by atoms with Gasteiger partial charge in [0.05, 0.1) is 5.39 Å². The van der Waals surface area contributed by atoms with Crippen LogP contribution in [0.2, 0.25) is 5.02 Å². The third-order valence-corrected chi connectivity index (χ3v) is 5.70. The minimum atomic E-state index is 0.477. The Bertz CT molecular complexity index is 1140. The Kier molecular flexibility index (Phi) is 4.26. The molecule has 0 aliphatic carbocycles. The van der Waals surface area contributed by atoms with Crippen molar-refractivity contribution in [1.82, 2.24) is 19.9 Å². The maximum Gasteiger partial charge on any atom is 0.150 e. The van der Waals surface area contributed by atoms with Gasteiger partial charge in [-0.1, -0.05) is 35.9 Å². The molecule has 1 fully saturated rings. The zero-order valence-electron chi connectivity index (χ0n) is 15.3. The Morgan fingerprint density at radius 3 is 2.75 bits per heavy atom. The highest BCUT2D eigenvalue weighted by molar-refractivity contribution is 6.30. The van der Waals surface area contributed by atoms with Crippen molar-refractivity contribution in [2.75, 3.05) is 18.8 Å². The monoisotopic (exact) mass is 389 g/mol. The third-order valence-electron chi connectivity index (χ3n) is 5.45. The topological polar surface area (TPSA) is 68.8 Å². The highest BCUT2D eigenvalue weighted by Crippen LogP contribution is 2.35. The zero-order chi connectivity index (χ0) is 19.1. The summed E-state index contributed by atoms with van der Waals surface area (Å²) in [5.41, 5.74) is 11.5. The van der Waals surface area contributed by atoms with Crippen LogP contribution in [0.5, 0.6) is 0 Å². The summed E-state index contributed by atoms with van der Waals surface area (Å²) in [5.74, 6) is 1.03. The van der Waals surface area contributed by atoms with Gasteiger partial charge in [0.15, 0.2) is 5.65 Å². The van der Waals surface area contributed by atoms with Gasteiger partial charge in [0.1, 0.15) is 12.1 Å². The van der Waals surface area contributed by atoms with E-state index in [1.807, 2.05) is 24.3 Å². The van der Waals surface area contributed by atoms with Crippen LogP contribution in [0.4, 0.5) is 5.82 Å². The van der Waals surface area contributed by atoms with Crippen LogP contribution in [0, 0.1) is 0 Å². The second-order valence-electron chi connectivity index (χ2n) is 7.16. The number of anilines is 1. The number of nitrogen functional groups attached to an aromatic ring is 1. The van der Waals surface area contributed by atoms with Gasteiger partial charge < -0.3 is 15.6 Å². The quantitative estimate of drug-likeness (QED) is 0.545. The maximum absolute atomic E-state index is 6.25. The minimum Gasteiger partial charge on any atom is -0.383 e. The number of rotatable bonds is 3. The molecule has 1 saturated heterocycles. The normalized spacial score (nSPS) is 16.7. The Balaban J connectivity index is 1.69. The van der Waals surface area contributed by atoms with Crippen molar-refractivity contribution in [3.8, 4) is 16.8 Å². The first kappa shape index (κ1) is 17.2. The summed E-state index contributed by atoms with van der Waals surface area (Å²) in [7, 11) is 0. The predicted octanol–water partition coefficient (Wildman–Crippen LogP) is 4.40. The highest BCUT2D eigenvalue weighted by Gasteiger charge is 2.19. The molecule has 1 unspecified atom stereocenters. The van der Waals surface area contributed by atoms with E-state index in [1.165, 1.54) is 18.3 Å². The molecule has 1 aliphatic rings. The minimum absolute atomic E-state index is 0.477. The zero-order valence-corrected chi connectivity index (χ0v) is 16.0. The van der Waals surface area contributed by atoms with Crippen molar-refractivity contribution in [1.29, 1.82) is 0 Å². The van der Waals surface area contributed by atoms with Crippen LogP contribution in [0.3, 0.4) is 0 Å². The number of aromatic nitrogens is 3. The molecule has 2 aromatic carbocycles. The molecule has 1 atom stereocenters. The number of hydrogen-bond donors (Lipinski definition) is 2. The fourth-order valence-electron chi connectivity index (χ4n) is 4.00. The van der Waals surface area contributed by atoms with Crippen LogP contribution in [-0.2, 0) is 0 Å². The van der Waals surface area contributed by atoms with Crippen LogP contribution >= 0.6 is 11.6 Å². The first-order chi connectivity index (χ1) is 13.7. The Morgan fingerprint density at radius 1 is 1.11 bits per heavy atom. The molecule has 140 valence electrons. The Morgan fingerprint density at radius 2 is 1.96 bits per heavy atom. The van der Waals surface area contributed by atoms with E-state index in [4.69, 9.17) is 17.3 Å². The average molecular weight is 390 g/mol.